The van der Waals surface area contributed by atoms with E-state index in [-0.39, 0.29) is 5.60 Å². The fourth-order valence-electron chi connectivity index (χ4n) is 2.63. The number of halogens is 1. The third-order valence-electron chi connectivity index (χ3n) is 3.33. The van der Waals surface area contributed by atoms with Crippen LogP contribution in [0.1, 0.15) is 31.9 Å². The van der Waals surface area contributed by atoms with E-state index in [1.165, 1.54) is 18.5 Å². The molecule has 1 saturated carbocycles. The van der Waals surface area contributed by atoms with Gasteiger partial charge in [-0.05, 0) is 42.1 Å². The first-order valence-corrected chi connectivity index (χ1v) is 5.97. The molecule has 0 amide bonds. The van der Waals surface area contributed by atoms with Crippen LogP contribution < -0.4 is 0 Å². The zero-order chi connectivity index (χ0) is 9.76. The highest BCUT2D eigenvalue weighted by atomic mass is 79.9. The van der Waals surface area contributed by atoms with E-state index < -0.39 is 0 Å². The fraction of sp³-hybridized carbons (Fsp3) is 0.700. The summed E-state index contributed by atoms with van der Waals surface area (Å²) in [6.07, 6.45) is 5.99. The second-order valence-electron chi connectivity index (χ2n) is 4.05. The maximum Gasteiger partial charge on any atom is 0.137 e. The normalized spacial score (nSPS) is 34.6. The maximum atomic E-state index is 5.82. The van der Waals surface area contributed by atoms with E-state index in [9.17, 15) is 0 Å². The summed E-state index contributed by atoms with van der Waals surface area (Å²) in [5.74, 6) is 0. The average Bonchev–Trinajstić information content (AvgIpc) is 2.59. The van der Waals surface area contributed by atoms with Crippen molar-refractivity contribution in [2.75, 3.05) is 0 Å². The number of nitrogens with zero attached hydrogens (tertiary/aromatic N) is 2. The molecule has 0 bridgehead atoms. The molecular weight excluding hydrogens is 244 g/mol. The Morgan fingerprint density at radius 3 is 3.21 bits per heavy atom. The Kier molecular flexibility index (Phi) is 1.80. The van der Waals surface area contributed by atoms with Crippen molar-refractivity contribution in [2.24, 2.45) is 0 Å². The summed E-state index contributed by atoms with van der Waals surface area (Å²) in [5, 5.41) is 4.34. The lowest BCUT2D eigenvalue weighted by Crippen LogP contribution is -2.15. The minimum Gasteiger partial charge on any atom is -0.359 e. The van der Waals surface area contributed by atoms with Crippen molar-refractivity contribution in [3.63, 3.8) is 0 Å². The van der Waals surface area contributed by atoms with Crippen LogP contribution >= 0.6 is 15.9 Å². The van der Waals surface area contributed by atoms with Crippen LogP contribution in [0.4, 0.5) is 0 Å². The summed E-state index contributed by atoms with van der Waals surface area (Å²) in [6.45, 7) is 3.03. The first kappa shape index (κ1) is 8.92. The van der Waals surface area contributed by atoms with Gasteiger partial charge in [0.15, 0.2) is 0 Å². The lowest BCUT2D eigenvalue weighted by molar-refractivity contribution is 0.242. The second-order valence-corrected chi connectivity index (χ2v) is 4.90. The molecule has 2 aliphatic rings. The highest BCUT2D eigenvalue weighted by molar-refractivity contribution is 9.10. The van der Waals surface area contributed by atoms with Crippen molar-refractivity contribution in [2.45, 2.75) is 44.4 Å². The minimum absolute atomic E-state index is 0.0192. The number of hydrogen-bond acceptors (Lipinski definition) is 2. The van der Waals surface area contributed by atoms with Gasteiger partial charge in [0.2, 0.25) is 0 Å². The number of hydrogen-bond donors (Lipinski definition) is 0. The first-order chi connectivity index (χ1) is 6.78. The number of aromatic nitrogens is 2. The Morgan fingerprint density at radius 2 is 2.64 bits per heavy atom. The van der Waals surface area contributed by atoms with Crippen LogP contribution in [-0.4, -0.2) is 15.9 Å². The van der Waals surface area contributed by atoms with E-state index in [2.05, 4.69) is 32.6 Å². The number of rotatable bonds is 2. The molecule has 0 aromatic carbocycles. The first-order valence-electron chi connectivity index (χ1n) is 5.17. The Labute approximate surface area is 91.6 Å². The van der Waals surface area contributed by atoms with Gasteiger partial charge < -0.3 is 4.74 Å². The molecule has 0 unspecified atom stereocenters. The van der Waals surface area contributed by atoms with Crippen LogP contribution in [0.15, 0.2) is 10.7 Å². The Balaban J connectivity index is 2.07. The van der Waals surface area contributed by atoms with Crippen LogP contribution in [0, 0.1) is 0 Å². The highest BCUT2D eigenvalue weighted by Gasteiger charge is 2.62. The Hall–Kier alpha value is -0.350. The largest absolute Gasteiger partial charge is 0.359 e. The lowest BCUT2D eigenvalue weighted by atomic mass is 10.0. The molecule has 0 N–H and O–H groups in total. The van der Waals surface area contributed by atoms with Gasteiger partial charge in [-0.3, -0.25) is 4.68 Å². The third-order valence-corrected chi connectivity index (χ3v) is 3.91. The molecule has 1 saturated heterocycles. The van der Waals surface area contributed by atoms with Crippen LogP contribution in [0.2, 0.25) is 0 Å². The molecule has 0 spiro atoms. The number of aryl methyl sites for hydroxylation is 1. The topological polar surface area (TPSA) is 30.4 Å². The van der Waals surface area contributed by atoms with Gasteiger partial charge in [-0.15, -0.1) is 0 Å². The molecule has 3 nitrogen and oxygen atoms in total. The zero-order valence-corrected chi connectivity index (χ0v) is 9.75. The molecule has 2 atom stereocenters. The summed E-state index contributed by atoms with van der Waals surface area (Å²) < 4.78 is 8.97. The van der Waals surface area contributed by atoms with Crippen LogP contribution in [0.5, 0.6) is 0 Å². The van der Waals surface area contributed by atoms with Crippen molar-refractivity contribution in [3.05, 3.63) is 16.4 Å². The van der Waals surface area contributed by atoms with Gasteiger partial charge in [0.05, 0.1) is 22.5 Å². The molecule has 2 heterocycles. The van der Waals surface area contributed by atoms with Crippen molar-refractivity contribution in [1.29, 1.82) is 0 Å². The van der Waals surface area contributed by atoms with Gasteiger partial charge in [-0.2, -0.15) is 5.10 Å². The average molecular weight is 257 g/mol. The van der Waals surface area contributed by atoms with E-state index in [0.717, 1.165) is 17.4 Å². The van der Waals surface area contributed by atoms with Crippen molar-refractivity contribution < 1.29 is 4.74 Å². The Morgan fingerprint density at radius 1 is 1.79 bits per heavy atom. The molecule has 1 aromatic heterocycles. The molecule has 3 rings (SSSR count). The van der Waals surface area contributed by atoms with Crippen LogP contribution in [0.3, 0.4) is 0 Å². The van der Waals surface area contributed by atoms with Crippen molar-refractivity contribution in [1.82, 2.24) is 9.78 Å². The number of fused-ring (bicyclic) bond motifs is 1. The molecule has 14 heavy (non-hydrogen) atoms. The quantitative estimate of drug-likeness (QED) is 0.762. The van der Waals surface area contributed by atoms with E-state index in [0.29, 0.717) is 6.10 Å². The Bertz CT molecular complexity index is 376. The van der Waals surface area contributed by atoms with E-state index in [1.807, 2.05) is 6.20 Å². The molecule has 1 aliphatic carbocycles. The van der Waals surface area contributed by atoms with Gasteiger partial charge in [-0.25, -0.2) is 0 Å². The lowest BCUT2D eigenvalue weighted by Gasteiger charge is -2.11. The predicted molar refractivity (Wildman–Crippen MR) is 56.0 cm³/mol. The SMILES string of the molecule is CCn1ncc(Br)c1[C@]12CCC[C@H]1O2. The summed E-state index contributed by atoms with van der Waals surface area (Å²) in [7, 11) is 0. The maximum absolute atomic E-state index is 5.82. The summed E-state index contributed by atoms with van der Waals surface area (Å²) in [6, 6.07) is 0. The van der Waals surface area contributed by atoms with Gasteiger partial charge in [-0.1, -0.05) is 0 Å². The van der Waals surface area contributed by atoms with E-state index in [1.54, 1.807) is 0 Å². The molecule has 0 radical (unpaired) electrons. The predicted octanol–water partition coefficient (Wildman–Crippen LogP) is 2.44. The van der Waals surface area contributed by atoms with Crippen molar-refractivity contribution in [3.8, 4) is 0 Å². The third kappa shape index (κ3) is 0.984. The minimum atomic E-state index is 0.0192. The fourth-order valence-corrected chi connectivity index (χ4v) is 3.26. The molecule has 4 heteroatoms. The second kappa shape index (κ2) is 2.83. The smallest absolute Gasteiger partial charge is 0.137 e. The van der Waals surface area contributed by atoms with E-state index >= 15 is 0 Å². The summed E-state index contributed by atoms with van der Waals surface area (Å²) >= 11 is 3.57. The monoisotopic (exact) mass is 256 g/mol. The van der Waals surface area contributed by atoms with Gasteiger partial charge in [0.25, 0.3) is 0 Å². The standard InChI is InChI=1S/C10H13BrN2O/c1-2-13-9(7(11)6-12-13)10-5-3-4-8(10)14-10/h6,8H,2-5H2,1H3/t8-,10+/m1/s1. The zero-order valence-electron chi connectivity index (χ0n) is 8.16. The number of epoxide rings is 1. The highest BCUT2D eigenvalue weighted by Crippen LogP contribution is 2.58. The molecule has 76 valence electrons. The van der Waals surface area contributed by atoms with Crippen LogP contribution in [-0.2, 0) is 16.9 Å². The van der Waals surface area contributed by atoms with Gasteiger partial charge >= 0.3 is 0 Å². The molecule has 1 aliphatic heterocycles. The number of ether oxygens (including phenoxy) is 1. The summed E-state index contributed by atoms with van der Waals surface area (Å²) in [4.78, 5) is 0. The molecular formula is C10H13BrN2O. The summed E-state index contributed by atoms with van der Waals surface area (Å²) in [5.41, 5.74) is 1.27. The van der Waals surface area contributed by atoms with E-state index in [4.69, 9.17) is 4.74 Å². The van der Waals surface area contributed by atoms with Gasteiger partial charge in [0, 0.05) is 6.54 Å². The molecule has 2 fully saturated rings. The van der Waals surface area contributed by atoms with Gasteiger partial charge in [0.1, 0.15) is 5.60 Å². The van der Waals surface area contributed by atoms with Crippen molar-refractivity contribution >= 4 is 15.9 Å². The van der Waals surface area contributed by atoms with Crippen LogP contribution in [0.25, 0.3) is 0 Å². The molecule has 1 aromatic rings.